The summed E-state index contributed by atoms with van der Waals surface area (Å²) in [4.78, 5) is 9.91. The molecule has 1 aliphatic rings. The van der Waals surface area contributed by atoms with Gasteiger partial charge in [0.2, 0.25) is 0 Å². The minimum atomic E-state index is -1.34. The minimum absolute atomic E-state index is 0.789. The fourth-order valence-electron chi connectivity index (χ4n) is 0.535. The number of hydrogen-bond acceptors (Lipinski definition) is 3. The van der Waals surface area contributed by atoms with E-state index in [1.165, 1.54) is 12.3 Å². The Morgan fingerprint density at radius 3 is 2.90 bits per heavy atom. The molecule has 0 amide bonds. The van der Waals surface area contributed by atoms with E-state index in [1.807, 2.05) is 0 Å². The minimum Gasteiger partial charge on any atom is -0.459 e. The molecule has 0 saturated carbocycles. The van der Waals surface area contributed by atoms with Gasteiger partial charge in [-0.15, -0.1) is 0 Å². The molecule has 1 rings (SSSR count). The highest BCUT2D eigenvalue weighted by molar-refractivity contribution is 5.57. The molecule has 0 bridgehead atoms. The summed E-state index contributed by atoms with van der Waals surface area (Å²) in [6.07, 6.45) is 4.02. The summed E-state index contributed by atoms with van der Waals surface area (Å²) in [6.45, 7) is 0. The van der Waals surface area contributed by atoms with E-state index >= 15 is 0 Å². The van der Waals surface area contributed by atoms with Gasteiger partial charge in [0.1, 0.15) is 0 Å². The Morgan fingerprint density at radius 2 is 2.40 bits per heavy atom. The second-order valence-corrected chi connectivity index (χ2v) is 1.60. The molecule has 0 aromatic rings. The van der Waals surface area contributed by atoms with Crippen LogP contribution in [0.2, 0.25) is 0 Å². The highest BCUT2D eigenvalue weighted by Crippen LogP contribution is 2.03. The van der Waals surface area contributed by atoms with Gasteiger partial charge >= 0.3 is 6.16 Å². The molecule has 4 nitrogen and oxygen atoms in total. The Kier molecular flexibility index (Phi) is 1.94. The summed E-state index contributed by atoms with van der Waals surface area (Å²) in [5.74, 6) is 0. The zero-order valence-corrected chi connectivity index (χ0v) is 5.06. The molecule has 1 N–H and O–H groups in total. The number of rotatable bonds is 1. The standard InChI is InChI=1S/C6H6O4/c7-6(8)10-5-3-1-2-4-9-5/h1-5H,(H,7,8). The summed E-state index contributed by atoms with van der Waals surface area (Å²) >= 11 is 0. The lowest BCUT2D eigenvalue weighted by Crippen LogP contribution is -2.16. The van der Waals surface area contributed by atoms with Crippen molar-refractivity contribution >= 4 is 6.16 Å². The molecule has 10 heavy (non-hydrogen) atoms. The molecule has 0 aromatic carbocycles. The van der Waals surface area contributed by atoms with Crippen molar-refractivity contribution in [2.24, 2.45) is 0 Å². The van der Waals surface area contributed by atoms with Crippen molar-refractivity contribution in [3.63, 3.8) is 0 Å². The van der Waals surface area contributed by atoms with E-state index in [-0.39, 0.29) is 0 Å². The first kappa shape index (κ1) is 6.67. The zero-order valence-electron chi connectivity index (χ0n) is 5.06. The maximum atomic E-state index is 9.91. The van der Waals surface area contributed by atoms with Crippen LogP contribution in [0.3, 0.4) is 0 Å². The summed E-state index contributed by atoms with van der Waals surface area (Å²) in [6, 6.07) is 0. The summed E-state index contributed by atoms with van der Waals surface area (Å²) in [7, 11) is 0. The fourth-order valence-corrected chi connectivity index (χ4v) is 0.535. The van der Waals surface area contributed by atoms with Crippen LogP contribution in [0.1, 0.15) is 0 Å². The molecule has 0 saturated heterocycles. The molecule has 1 atom stereocenters. The van der Waals surface area contributed by atoms with Crippen LogP contribution in [0.15, 0.2) is 24.5 Å². The summed E-state index contributed by atoms with van der Waals surface area (Å²) < 4.78 is 8.97. The fraction of sp³-hybridized carbons (Fsp3) is 0.167. The average molecular weight is 142 g/mol. The largest absolute Gasteiger partial charge is 0.509 e. The molecule has 0 aliphatic carbocycles. The second-order valence-electron chi connectivity index (χ2n) is 1.60. The van der Waals surface area contributed by atoms with Crippen molar-refractivity contribution in [3.05, 3.63) is 24.5 Å². The van der Waals surface area contributed by atoms with Crippen molar-refractivity contribution in [2.45, 2.75) is 6.29 Å². The SMILES string of the molecule is O=C(O)OC1C=CC=CO1. The van der Waals surface area contributed by atoms with Crippen molar-refractivity contribution in [2.75, 3.05) is 0 Å². The van der Waals surface area contributed by atoms with Gasteiger partial charge in [0.15, 0.2) is 0 Å². The zero-order chi connectivity index (χ0) is 7.40. The highest BCUT2D eigenvalue weighted by atomic mass is 16.7. The Hall–Kier alpha value is -1.45. The van der Waals surface area contributed by atoms with Gasteiger partial charge in [-0.25, -0.2) is 4.79 Å². The van der Waals surface area contributed by atoms with Crippen LogP contribution in [-0.2, 0) is 9.47 Å². The molecule has 1 aliphatic heterocycles. The van der Waals surface area contributed by atoms with Gasteiger partial charge in [-0.05, 0) is 12.2 Å². The molecule has 1 unspecified atom stereocenters. The van der Waals surface area contributed by atoms with Gasteiger partial charge in [-0.1, -0.05) is 6.08 Å². The predicted octanol–water partition coefficient (Wildman–Crippen LogP) is 1.11. The molecule has 0 aromatic heterocycles. The molecular weight excluding hydrogens is 136 g/mol. The Bertz CT molecular complexity index is 182. The van der Waals surface area contributed by atoms with Gasteiger partial charge in [-0.3, -0.25) is 0 Å². The van der Waals surface area contributed by atoms with Crippen LogP contribution in [0, 0.1) is 0 Å². The first-order valence-electron chi connectivity index (χ1n) is 2.67. The average Bonchev–Trinajstić information content (AvgIpc) is 1.88. The van der Waals surface area contributed by atoms with Crippen LogP contribution in [0.25, 0.3) is 0 Å². The second kappa shape index (κ2) is 2.91. The van der Waals surface area contributed by atoms with Crippen molar-refractivity contribution in [3.8, 4) is 0 Å². The van der Waals surface area contributed by atoms with Crippen LogP contribution < -0.4 is 0 Å². The molecule has 4 heteroatoms. The predicted molar refractivity (Wildman–Crippen MR) is 32.3 cm³/mol. The van der Waals surface area contributed by atoms with Gasteiger partial charge < -0.3 is 14.6 Å². The smallest absolute Gasteiger partial charge is 0.459 e. The lowest BCUT2D eigenvalue weighted by atomic mass is 10.4. The number of hydrogen-bond donors (Lipinski definition) is 1. The molecule has 0 radical (unpaired) electrons. The van der Waals surface area contributed by atoms with Crippen LogP contribution in [0.5, 0.6) is 0 Å². The molecule has 54 valence electrons. The Labute approximate surface area is 57.4 Å². The first-order valence-corrected chi connectivity index (χ1v) is 2.67. The van der Waals surface area contributed by atoms with Crippen molar-refractivity contribution in [1.29, 1.82) is 0 Å². The number of allylic oxidation sites excluding steroid dienone is 2. The molecule has 0 fully saturated rings. The monoisotopic (exact) mass is 142 g/mol. The maximum absolute atomic E-state index is 9.91. The quantitative estimate of drug-likeness (QED) is 0.557. The van der Waals surface area contributed by atoms with E-state index in [1.54, 1.807) is 12.2 Å². The summed E-state index contributed by atoms with van der Waals surface area (Å²) in [5, 5.41) is 8.11. The topological polar surface area (TPSA) is 55.8 Å². The van der Waals surface area contributed by atoms with Crippen molar-refractivity contribution < 1.29 is 19.4 Å². The number of ether oxygens (including phenoxy) is 2. The Morgan fingerprint density at radius 1 is 1.60 bits per heavy atom. The van der Waals surface area contributed by atoms with E-state index in [0.29, 0.717) is 0 Å². The van der Waals surface area contributed by atoms with Crippen LogP contribution in [0.4, 0.5) is 4.79 Å². The van der Waals surface area contributed by atoms with Gasteiger partial charge in [-0.2, -0.15) is 0 Å². The third-order valence-corrected chi connectivity index (χ3v) is 0.888. The number of carbonyl (C=O) groups is 1. The number of carboxylic acid groups (broad SMARTS) is 1. The third-order valence-electron chi connectivity index (χ3n) is 0.888. The van der Waals surface area contributed by atoms with E-state index < -0.39 is 12.4 Å². The van der Waals surface area contributed by atoms with Crippen LogP contribution >= 0.6 is 0 Å². The normalized spacial score (nSPS) is 21.8. The maximum Gasteiger partial charge on any atom is 0.509 e. The lowest BCUT2D eigenvalue weighted by molar-refractivity contribution is -0.0484. The van der Waals surface area contributed by atoms with E-state index in [4.69, 9.17) is 9.84 Å². The molecular formula is C6H6O4. The van der Waals surface area contributed by atoms with E-state index in [2.05, 4.69) is 4.74 Å². The first-order chi connectivity index (χ1) is 4.79. The van der Waals surface area contributed by atoms with E-state index in [0.717, 1.165) is 0 Å². The van der Waals surface area contributed by atoms with Crippen molar-refractivity contribution in [1.82, 2.24) is 0 Å². The third kappa shape index (κ3) is 1.81. The van der Waals surface area contributed by atoms with Gasteiger partial charge in [0, 0.05) is 0 Å². The summed E-state index contributed by atoms with van der Waals surface area (Å²) in [5.41, 5.74) is 0. The molecule has 0 spiro atoms. The molecule has 1 heterocycles. The lowest BCUT2D eigenvalue weighted by Gasteiger charge is -2.12. The highest BCUT2D eigenvalue weighted by Gasteiger charge is 2.09. The van der Waals surface area contributed by atoms with Crippen LogP contribution in [-0.4, -0.2) is 17.6 Å². The van der Waals surface area contributed by atoms with Gasteiger partial charge in [0.25, 0.3) is 6.29 Å². The van der Waals surface area contributed by atoms with E-state index in [9.17, 15) is 4.79 Å². The van der Waals surface area contributed by atoms with Gasteiger partial charge in [0.05, 0.1) is 6.26 Å². The Balaban J connectivity index is 2.37.